The number of rotatable bonds is 4. The summed E-state index contributed by atoms with van der Waals surface area (Å²) >= 11 is 1.26. The maximum atomic E-state index is 12.2. The lowest BCUT2D eigenvalue weighted by Gasteiger charge is -2.21. The number of nitrogens with zero attached hydrogens (tertiary/aromatic N) is 2. The van der Waals surface area contributed by atoms with E-state index in [1.807, 2.05) is 31.2 Å². The molecule has 2 aromatic carbocycles. The first-order chi connectivity index (χ1) is 15.0. The summed E-state index contributed by atoms with van der Waals surface area (Å²) < 4.78 is 6.62. The maximum absolute atomic E-state index is 12.2. The van der Waals surface area contributed by atoms with Crippen molar-refractivity contribution in [3.63, 3.8) is 0 Å². The van der Waals surface area contributed by atoms with E-state index in [0.717, 1.165) is 50.0 Å². The van der Waals surface area contributed by atoms with Gasteiger partial charge < -0.3 is 15.2 Å². The Morgan fingerprint density at radius 3 is 2.90 bits per heavy atom. The molecule has 1 amide bonds. The van der Waals surface area contributed by atoms with Crippen molar-refractivity contribution in [2.24, 2.45) is 0 Å². The first kappa shape index (κ1) is 19.4. The first-order valence-corrected chi connectivity index (χ1v) is 10.7. The number of nitrogens with one attached hydrogen (secondary N) is 1. The highest BCUT2D eigenvalue weighted by Crippen LogP contribution is 2.43. The number of carboxylic acid groups (broad SMARTS) is 1. The molecule has 0 spiro atoms. The van der Waals surface area contributed by atoms with E-state index in [-0.39, 0.29) is 12.3 Å². The molecule has 31 heavy (non-hydrogen) atoms. The molecule has 5 rings (SSSR count). The smallest absolute Gasteiger partial charge is 0.307 e. The number of aliphatic carboxylic acids is 1. The molecular formula is C23H19N3O4S. The predicted molar refractivity (Wildman–Crippen MR) is 119 cm³/mol. The number of benzene rings is 2. The lowest BCUT2D eigenvalue weighted by Crippen LogP contribution is -2.17. The third kappa shape index (κ3) is 3.11. The number of hydrogen-bond donors (Lipinski definition) is 2. The Morgan fingerprint density at radius 1 is 1.29 bits per heavy atom. The number of aryl methyl sites for hydroxylation is 1. The third-order valence-corrected chi connectivity index (χ3v) is 6.69. The van der Waals surface area contributed by atoms with Crippen LogP contribution in [0.5, 0.6) is 5.75 Å². The molecule has 0 aliphatic carbocycles. The Bertz CT molecular complexity index is 1380. The van der Waals surface area contributed by atoms with Crippen LogP contribution in [0.15, 0.2) is 30.5 Å². The maximum Gasteiger partial charge on any atom is 0.307 e. The fourth-order valence-corrected chi connectivity index (χ4v) is 5.28. The molecular weight excluding hydrogens is 414 g/mol. The largest absolute Gasteiger partial charge is 0.493 e. The summed E-state index contributed by atoms with van der Waals surface area (Å²) in [5, 5.41) is 13.5. The van der Waals surface area contributed by atoms with Crippen LogP contribution in [-0.4, -0.2) is 40.6 Å². The van der Waals surface area contributed by atoms with Crippen molar-refractivity contribution in [3.8, 4) is 16.9 Å². The van der Waals surface area contributed by atoms with Crippen LogP contribution < -0.4 is 10.1 Å². The second kappa shape index (κ2) is 7.31. The number of hydrogen-bond acceptors (Lipinski definition) is 6. The molecule has 0 fully saturated rings. The van der Waals surface area contributed by atoms with E-state index < -0.39 is 5.97 Å². The molecule has 4 aromatic rings. The van der Waals surface area contributed by atoms with Gasteiger partial charge in [-0.05, 0) is 47.9 Å². The third-order valence-electron chi connectivity index (χ3n) is 5.60. The van der Waals surface area contributed by atoms with Gasteiger partial charge in [-0.2, -0.15) is 0 Å². The second-order valence-corrected chi connectivity index (χ2v) is 8.47. The van der Waals surface area contributed by atoms with Crippen molar-refractivity contribution >= 4 is 44.3 Å². The Hall–Kier alpha value is -3.52. The van der Waals surface area contributed by atoms with Crippen LogP contribution in [0, 0.1) is 6.92 Å². The highest BCUT2D eigenvalue weighted by atomic mass is 32.1. The van der Waals surface area contributed by atoms with Gasteiger partial charge in [0.1, 0.15) is 5.75 Å². The van der Waals surface area contributed by atoms with Crippen molar-refractivity contribution in [2.45, 2.75) is 19.8 Å². The van der Waals surface area contributed by atoms with Crippen molar-refractivity contribution in [1.82, 2.24) is 15.3 Å². The van der Waals surface area contributed by atoms with Gasteiger partial charge in [0.25, 0.3) is 5.91 Å². The van der Waals surface area contributed by atoms with E-state index in [9.17, 15) is 14.7 Å². The zero-order valence-electron chi connectivity index (χ0n) is 17.0. The molecule has 0 unspecified atom stereocenters. The van der Waals surface area contributed by atoms with Crippen LogP contribution in [0.4, 0.5) is 0 Å². The molecule has 156 valence electrons. The van der Waals surface area contributed by atoms with Crippen molar-refractivity contribution in [3.05, 3.63) is 52.2 Å². The first-order valence-electron chi connectivity index (χ1n) is 9.88. The Kier molecular flexibility index (Phi) is 4.59. The standard InChI is InChI=1S/C23H19N3O4S/c1-11-9-15-21(31-23(26-15)22(29)24-2)19(14(11)10-17(27)28)13-3-4-16-18-12(6-8-30-16)5-7-25-20(13)18/h3-5,7,9H,6,8,10H2,1-2H3,(H,24,29)(H,27,28). The van der Waals surface area contributed by atoms with Gasteiger partial charge in [0.15, 0.2) is 5.01 Å². The van der Waals surface area contributed by atoms with Crippen LogP contribution in [0.1, 0.15) is 26.5 Å². The van der Waals surface area contributed by atoms with Crippen molar-refractivity contribution < 1.29 is 19.4 Å². The molecule has 0 bridgehead atoms. The Balaban J connectivity index is 1.89. The van der Waals surface area contributed by atoms with Crippen LogP contribution in [0.3, 0.4) is 0 Å². The quantitative estimate of drug-likeness (QED) is 0.508. The highest BCUT2D eigenvalue weighted by molar-refractivity contribution is 7.20. The van der Waals surface area contributed by atoms with E-state index in [4.69, 9.17) is 4.74 Å². The molecule has 8 heteroatoms. The molecule has 0 saturated carbocycles. The van der Waals surface area contributed by atoms with Gasteiger partial charge in [-0.25, -0.2) is 4.98 Å². The van der Waals surface area contributed by atoms with Crippen LogP contribution in [0.2, 0.25) is 0 Å². The molecule has 3 heterocycles. The number of amides is 1. The van der Waals surface area contributed by atoms with Gasteiger partial charge in [-0.1, -0.05) is 0 Å². The van der Waals surface area contributed by atoms with Gasteiger partial charge in [0.2, 0.25) is 0 Å². The number of thiazole rings is 1. The zero-order valence-corrected chi connectivity index (χ0v) is 17.8. The minimum atomic E-state index is -0.918. The molecule has 2 aromatic heterocycles. The lowest BCUT2D eigenvalue weighted by atomic mass is 9.90. The van der Waals surface area contributed by atoms with Crippen LogP contribution >= 0.6 is 11.3 Å². The molecule has 1 aliphatic heterocycles. The summed E-state index contributed by atoms with van der Waals surface area (Å²) in [6, 6.07) is 7.69. The average Bonchev–Trinajstić information content (AvgIpc) is 3.18. The number of carboxylic acids is 1. The molecule has 2 N–H and O–H groups in total. The number of fused-ring (bicyclic) bond motifs is 1. The van der Waals surface area contributed by atoms with Gasteiger partial charge in [0, 0.05) is 36.2 Å². The van der Waals surface area contributed by atoms with Gasteiger partial charge in [-0.3, -0.25) is 14.6 Å². The van der Waals surface area contributed by atoms with Crippen LogP contribution in [0.25, 0.3) is 32.2 Å². The predicted octanol–water partition coefficient (Wildman–Crippen LogP) is 3.74. The number of carbonyl (C=O) groups excluding carboxylic acids is 1. The normalized spacial score (nSPS) is 12.7. The fourth-order valence-electron chi connectivity index (χ4n) is 4.21. The van der Waals surface area contributed by atoms with Gasteiger partial charge in [0.05, 0.1) is 28.8 Å². The molecule has 0 radical (unpaired) electrons. The SMILES string of the molecule is CNC(=O)c1nc2cc(C)c(CC(=O)O)c(-c3ccc4c5c(ccnc35)CCO4)c2s1. The summed E-state index contributed by atoms with van der Waals surface area (Å²) in [6.07, 6.45) is 2.44. The zero-order chi connectivity index (χ0) is 21.7. The van der Waals surface area contributed by atoms with E-state index in [2.05, 4.69) is 15.3 Å². The Labute approximate surface area is 181 Å². The number of carbonyl (C=O) groups is 2. The summed E-state index contributed by atoms with van der Waals surface area (Å²) in [5.41, 5.74) is 5.70. The minimum absolute atomic E-state index is 0.135. The summed E-state index contributed by atoms with van der Waals surface area (Å²) in [6.45, 7) is 2.50. The summed E-state index contributed by atoms with van der Waals surface area (Å²) in [4.78, 5) is 33.1. The van der Waals surface area contributed by atoms with Crippen molar-refractivity contribution in [2.75, 3.05) is 13.7 Å². The van der Waals surface area contributed by atoms with Crippen LogP contribution in [-0.2, 0) is 17.6 Å². The molecule has 7 nitrogen and oxygen atoms in total. The number of ether oxygens (including phenoxy) is 1. The highest BCUT2D eigenvalue weighted by Gasteiger charge is 2.24. The molecule has 1 aliphatic rings. The van der Waals surface area contributed by atoms with E-state index >= 15 is 0 Å². The lowest BCUT2D eigenvalue weighted by molar-refractivity contribution is -0.136. The monoisotopic (exact) mass is 433 g/mol. The van der Waals surface area contributed by atoms with Gasteiger partial charge >= 0.3 is 5.97 Å². The average molecular weight is 433 g/mol. The van der Waals surface area contributed by atoms with E-state index in [1.165, 1.54) is 11.3 Å². The molecule has 0 atom stereocenters. The van der Waals surface area contributed by atoms with Crippen molar-refractivity contribution in [1.29, 1.82) is 0 Å². The fraction of sp³-hybridized carbons (Fsp3) is 0.217. The second-order valence-electron chi connectivity index (χ2n) is 7.47. The molecule has 0 saturated heterocycles. The van der Waals surface area contributed by atoms with Gasteiger partial charge in [-0.15, -0.1) is 11.3 Å². The topological polar surface area (TPSA) is 101 Å². The Morgan fingerprint density at radius 2 is 2.13 bits per heavy atom. The van der Waals surface area contributed by atoms with E-state index in [1.54, 1.807) is 13.2 Å². The minimum Gasteiger partial charge on any atom is -0.493 e. The number of aromatic nitrogens is 2. The summed E-state index contributed by atoms with van der Waals surface area (Å²) in [7, 11) is 1.56. The summed E-state index contributed by atoms with van der Waals surface area (Å²) in [5.74, 6) is -0.404. The number of pyridine rings is 1. The van der Waals surface area contributed by atoms with E-state index in [0.29, 0.717) is 22.7 Å².